The lowest BCUT2D eigenvalue weighted by atomic mass is 9.96. The number of benzene rings is 5. The van der Waals surface area contributed by atoms with E-state index in [4.69, 9.17) is 8.60 Å². The number of aromatic hydroxyl groups is 1. The second kappa shape index (κ2) is 10.9. The van der Waals surface area contributed by atoms with Gasteiger partial charge in [0.1, 0.15) is 22.0 Å². The molecule has 6 rings (SSSR count). The summed E-state index contributed by atoms with van der Waals surface area (Å²) in [7, 11) is -4.42. The van der Waals surface area contributed by atoms with E-state index in [9.17, 15) is 23.6 Å². The molecule has 208 valence electrons. The van der Waals surface area contributed by atoms with Crippen molar-refractivity contribution in [2.45, 2.75) is 11.3 Å². The Balaban J connectivity index is 1.33. The quantitative estimate of drug-likeness (QED) is 0.112. The smallest absolute Gasteiger partial charge is 0.339 e. The standard InChI is InChI=1S/C33H23NO7S/c35-26-9-6-10-27(21-26)42(38,39)41-31-18-17-25(20-29(31)34(36)37)23-13-15-24(16-14-23)33-28-11-4-5-12-30(28)40-32(33)19-22-7-2-1-3-8-22/h1-18,20-21,35H,19H2. The zero-order valence-electron chi connectivity index (χ0n) is 22.0. The summed E-state index contributed by atoms with van der Waals surface area (Å²) in [5, 5.41) is 22.5. The average Bonchev–Trinajstić information content (AvgIpc) is 3.35. The summed E-state index contributed by atoms with van der Waals surface area (Å²) in [6.07, 6.45) is 0.617. The summed E-state index contributed by atoms with van der Waals surface area (Å²) >= 11 is 0. The maximum Gasteiger partial charge on any atom is 0.339 e. The van der Waals surface area contributed by atoms with Crippen LogP contribution in [-0.4, -0.2) is 18.4 Å². The van der Waals surface area contributed by atoms with Gasteiger partial charge < -0.3 is 13.7 Å². The fourth-order valence-corrected chi connectivity index (χ4v) is 5.85. The van der Waals surface area contributed by atoms with Crippen molar-refractivity contribution in [1.29, 1.82) is 0 Å². The van der Waals surface area contributed by atoms with Gasteiger partial charge in [-0.2, -0.15) is 8.42 Å². The van der Waals surface area contributed by atoms with Gasteiger partial charge >= 0.3 is 15.8 Å². The number of nitrogens with zero attached hydrogens (tertiary/aromatic N) is 1. The molecule has 0 spiro atoms. The highest BCUT2D eigenvalue weighted by molar-refractivity contribution is 7.87. The number of nitro benzene ring substituents is 1. The molecule has 0 saturated carbocycles. The molecule has 0 unspecified atom stereocenters. The number of para-hydroxylation sites is 1. The van der Waals surface area contributed by atoms with Crippen LogP contribution in [0.3, 0.4) is 0 Å². The third-order valence-corrected chi connectivity index (χ3v) is 8.07. The average molecular weight is 578 g/mol. The largest absolute Gasteiger partial charge is 0.508 e. The lowest BCUT2D eigenvalue weighted by Gasteiger charge is -2.10. The van der Waals surface area contributed by atoms with Gasteiger partial charge in [0.15, 0.2) is 0 Å². The summed E-state index contributed by atoms with van der Waals surface area (Å²) in [5.41, 5.74) is 4.52. The third-order valence-electron chi connectivity index (χ3n) is 6.84. The van der Waals surface area contributed by atoms with Crippen LogP contribution in [0, 0.1) is 10.1 Å². The minimum Gasteiger partial charge on any atom is -0.508 e. The van der Waals surface area contributed by atoms with Crippen molar-refractivity contribution in [3.63, 3.8) is 0 Å². The summed E-state index contributed by atoms with van der Waals surface area (Å²) in [4.78, 5) is 10.9. The Morgan fingerprint density at radius 2 is 1.45 bits per heavy atom. The Morgan fingerprint density at radius 1 is 0.762 bits per heavy atom. The summed E-state index contributed by atoms with van der Waals surface area (Å²) in [6.45, 7) is 0. The minimum absolute atomic E-state index is 0.274. The number of furan rings is 1. The van der Waals surface area contributed by atoms with Crippen molar-refractivity contribution >= 4 is 26.8 Å². The van der Waals surface area contributed by atoms with E-state index in [1.54, 1.807) is 6.07 Å². The zero-order valence-corrected chi connectivity index (χ0v) is 22.8. The van der Waals surface area contributed by atoms with E-state index in [0.29, 0.717) is 17.5 Å². The SMILES string of the molecule is O=[N+]([O-])c1cc(-c2ccc(-c3c(Cc4ccccc4)oc4ccccc34)cc2)ccc1OS(=O)(=O)c1cccc(O)c1. The Labute approximate surface area is 241 Å². The molecular weight excluding hydrogens is 554 g/mol. The first-order valence-corrected chi connectivity index (χ1v) is 14.4. The van der Waals surface area contributed by atoms with Crippen molar-refractivity contribution in [3.05, 3.63) is 143 Å². The third kappa shape index (κ3) is 5.33. The first-order chi connectivity index (χ1) is 20.3. The van der Waals surface area contributed by atoms with Crippen LogP contribution in [0.5, 0.6) is 11.5 Å². The molecule has 0 radical (unpaired) electrons. The molecule has 0 fully saturated rings. The van der Waals surface area contributed by atoms with Gasteiger partial charge in [-0.1, -0.05) is 84.9 Å². The number of phenols is 1. The van der Waals surface area contributed by atoms with Crippen molar-refractivity contribution in [2.24, 2.45) is 0 Å². The first kappa shape index (κ1) is 26.8. The highest BCUT2D eigenvalue weighted by atomic mass is 32.2. The van der Waals surface area contributed by atoms with Crippen LogP contribution in [0.1, 0.15) is 11.3 Å². The molecule has 42 heavy (non-hydrogen) atoms. The zero-order chi connectivity index (χ0) is 29.3. The Morgan fingerprint density at radius 3 is 2.19 bits per heavy atom. The van der Waals surface area contributed by atoms with Gasteiger partial charge in [-0.25, -0.2) is 0 Å². The predicted octanol–water partition coefficient (Wildman–Crippen LogP) is 7.74. The van der Waals surface area contributed by atoms with Gasteiger partial charge in [-0.3, -0.25) is 10.1 Å². The molecule has 5 aromatic carbocycles. The van der Waals surface area contributed by atoms with E-state index in [1.807, 2.05) is 66.7 Å². The number of phenolic OH excluding ortho intramolecular Hbond substituents is 1. The van der Waals surface area contributed by atoms with Gasteiger partial charge in [-0.05, 0) is 46.5 Å². The maximum absolute atomic E-state index is 12.7. The van der Waals surface area contributed by atoms with E-state index in [1.165, 1.54) is 30.3 Å². The van der Waals surface area contributed by atoms with E-state index < -0.39 is 26.5 Å². The van der Waals surface area contributed by atoms with E-state index in [2.05, 4.69) is 12.1 Å². The second-order valence-corrected chi connectivity index (χ2v) is 11.2. The van der Waals surface area contributed by atoms with Crippen LogP contribution < -0.4 is 4.18 Å². The normalized spacial score (nSPS) is 11.4. The molecule has 0 aliphatic rings. The monoisotopic (exact) mass is 577 g/mol. The van der Waals surface area contributed by atoms with Crippen LogP contribution >= 0.6 is 0 Å². The molecule has 0 amide bonds. The molecule has 8 nitrogen and oxygen atoms in total. The molecule has 0 bridgehead atoms. The highest BCUT2D eigenvalue weighted by Crippen LogP contribution is 2.38. The van der Waals surface area contributed by atoms with Gasteiger partial charge in [0.05, 0.1) is 4.92 Å². The van der Waals surface area contributed by atoms with Gasteiger partial charge in [-0.15, -0.1) is 0 Å². The van der Waals surface area contributed by atoms with Crippen LogP contribution in [0.2, 0.25) is 0 Å². The number of fused-ring (bicyclic) bond motifs is 1. The van der Waals surface area contributed by atoms with Gasteiger partial charge in [0.25, 0.3) is 0 Å². The van der Waals surface area contributed by atoms with Gasteiger partial charge in [0.2, 0.25) is 5.75 Å². The van der Waals surface area contributed by atoms with Crippen molar-refractivity contribution in [1.82, 2.24) is 0 Å². The molecule has 0 saturated heterocycles. The van der Waals surface area contributed by atoms with Crippen molar-refractivity contribution in [2.75, 3.05) is 0 Å². The number of nitro groups is 1. The molecule has 9 heteroatoms. The summed E-state index contributed by atoms with van der Waals surface area (Å²) in [5.74, 6) is 0.128. The van der Waals surface area contributed by atoms with E-state index in [0.717, 1.165) is 39.5 Å². The first-order valence-electron chi connectivity index (χ1n) is 13.0. The lowest BCUT2D eigenvalue weighted by molar-refractivity contribution is -0.385. The topological polar surface area (TPSA) is 120 Å². The summed E-state index contributed by atoms with van der Waals surface area (Å²) < 4.78 is 36.8. The van der Waals surface area contributed by atoms with Crippen molar-refractivity contribution < 1.29 is 27.0 Å². The van der Waals surface area contributed by atoms with Crippen LogP contribution in [0.25, 0.3) is 33.2 Å². The molecule has 1 aromatic heterocycles. The minimum atomic E-state index is -4.42. The second-order valence-electron chi connectivity index (χ2n) is 9.61. The lowest BCUT2D eigenvalue weighted by Crippen LogP contribution is -2.10. The van der Waals surface area contributed by atoms with Gasteiger partial charge in [0, 0.05) is 29.5 Å². The molecule has 0 aliphatic carbocycles. The Bertz CT molecular complexity index is 2030. The van der Waals surface area contributed by atoms with E-state index >= 15 is 0 Å². The van der Waals surface area contributed by atoms with Crippen molar-refractivity contribution in [3.8, 4) is 33.8 Å². The van der Waals surface area contributed by atoms with Crippen LogP contribution in [0.4, 0.5) is 5.69 Å². The Hall–Kier alpha value is -5.41. The fourth-order valence-electron chi connectivity index (χ4n) is 4.86. The molecule has 1 heterocycles. The fraction of sp³-hybridized carbons (Fsp3) is 0.0303. The number of rotatable bonds is 8. The molecule has 6 aromatic rings. The van der Waals surface area contributed by atoms with E-state index in [-0.39, 0.29) is 10.6 Å². The molecule has 1 N–H and O–H groups in total. The number of hydrogen-bond donors (Lipinski definition) is 1. The number of hydrogen-bond acceptors (Lipinski definition) is 7. The Kier molecular flexibility index (Phi) is 6.93. The van der Waals surface area contributed by atoms with Crippen LogP contribution in [0.15, 0.2) is 131 Å². The molecule has 0 atom stereocenters. The highest BCUT2D eigenvalue weighted by Gasteiger charge is 2.25. The van der Waals surface area contributed by atoms with Crippen LogP contribution in [-0.2, 0) is 16.5 Å². The molecular formula is C33H23NO7S. The molecule has 0 aliphatic heterocycles. The predicted molar refractivity (Wildman–Crippen MR) is 159 cm³/mol. The maximum atomic E-state index is 12.7. The summed E-state index contributed by atoms with van der Waals surface area (Å²) in [6, 6.07) is 34.4.